The van der Waals surface area contributed by atoms with Gasteiger partial charge in [-0.25, -0.2) is 4.39 Å². The largest absolute Gasteiger partial charge is 0.497 e. The summed E-state index contributed by atoms with van der Waals surface area (Å²) >= 11 is 3.28. The number of benzene rings is 2. The van der Waals surface area contributed by atoms with Crippen LogP contribution in [0.25, 0.3) is 0 Å². The van der Waals surface area contributed by atoms with Crippen LogP contribution in [0.5, 0.6) is 17.2 Å². The van der Waals surface area contributed by atoms with Crippen LogP contribution in [0.1, 0.15) is 0 Å². The van der Waals surface area contributed by atoms with Crippen molar-refractivity contribution < 1.29 is 13.9 Å². The SMILES string of the molecule is COc1ccc(N)c(Oc2cc(F)ccc2Br)c1. The first kappa shape index (κ1) is 12.7. The Hall–Kier alpha value is -1.75. The smallest absolute Gasteiger partial charge is 0.154 e. The predicted molar refractivity (Wildman–Crippen MR) is 71.6 cm³/mol. The van der Waals surface area contributed by atoms with Crippen LogP contribution in [0.3, 0.4) is 0 Å². The van der Waals surface area contributed by atoms with Gasteiger partial charge in [0.1, 0.15) is 17.3 Å². The maximum atomic E-state index is 13.1. The van der Waals surface area contributed by atoms with E-state index in [0.717, 1.165) is 0 Å². The molecule has 5 heteroatoms. The van der Waals surface area contributed by atoms with Crippen molar-refractivity contribution in [3.05, 3.63) is 46.7 Å². The van der Waals surface area contributed by atoms with Crippen LogP contribution in [-0.2, 0) is 0 Å². The van der Waals surface area contributed by atoms with Gasteiger partial charge < -0.3 is 15.2 Å². The van der Waals surface area contributed by atoms with Crippen molar-refractivity contribution in [3.63, 3.8) is 0 Å². The fourth-order valence-corrected chi connectivity index (χ4v) is 1.73. The molecule has 0 radical (unpaired) electrons. The number of halogens is 2. The van der Waals surface area contributed by atoms with E-state index < -0.39 is 0 Å². The summed E-state index contributed by atoms with van der Waals surface area (Å²) in [7, 11) is 1.55. The molecule has 0 bridgehead atoms. The highest BCUT2D eigenvalue weighted by atomic mass is 79.9. The molecule has 2 N–H and O–H groups in total. The van der Waals surface area contributed by atoms with Crippen LogP contribution in [0.4, 0.5) is 10.1 Å². The molecule has 0 atom stereocenters. The molecule has 0 spiro atoms. The fraction of sp³-hybridized carbons (Fsp3) is 0.0769. The molecule has 0 fully saturated rings. The first-order chi connectivity index (χ1) is 8.60. The Morgan fingerprint density at radius 2 is 1.89 bits per heavy atom. The molecular weight excluding hydrogens is 301 g/mol. The maximum Gasteiger partial charge on any atom is 0.154 e. The third-order valence-electron chi connectivity index (χ3n) is 2.33. The summed E-state index contributed by atoms with van der Waals surface area (Å²) in [4.78, 5) is 0. The van der Waals surface area contributed by atoms with Crippen LogP contribution >= 0.6 is 15.9 Å². The summed E-state index contributed by atoms with van der Waals surface area (Å²) in [6, 6.07) is 9.23. The zero-order chi connectivity index (χ0) is 13.1. The van der Waals surface area contributed by atoms with Crippen molar-refractivity contribution in [2.45, 2.75) is 0 Å². The van der Waals surface area contributed by atoms with Gasteiger partial charge in [-0.05, 0) is 40.2 Å². The number of ether oxygens (including phenoxy) is 2. The highest BCUT2D eigenvalue weighted by Gasteiger charge is 2.08. The number of anilines is 1. The van der Waals surface area contributed by atoms with Crippen LogP contribution < -0.4 is 15.2 Å². The Balaban J connectivity index is 2.36. The number of rotatable bonds is 3. The molecule has 2 aromatic carbocycles. The molecule has 0 heterocycles. The highest BCUT2D eigenvalue weighted by molar-refractivity contribution is 9.10. The summed E-state index contributed by atoms with van der Waals surface area (Å²) in [5.74, 6) is 1.01. The van der Waals surface area contributed by atoms with Gasteiger partial charge in [0, 0.05) is 12.1 Å². The number of hydrogen-bond acceptors (Lipinski definition) is 3. The van der Waals surface area contributed by atoms with E-state index >= 15 is 0 Å². The van der Waals surface area contributed by atoms with Gasteiger partial charge in [0.05, 0.1) is 17.3 Å². The zero-order valence-electron chi connectivity index (χ0n) is 9.61. The molecule has 0 aliphatic rings. The second kappa shape index (κ2) is 5.27. The van der Waals surface area contributed by atoms with E-state index in [1.165, 1.54) is 12.1 Å². The monoisotopic (exact) mass is 311 g/mol. The summed E-state index contributed by atoms with van der Waals surface area (Å²) in [6.45, 7) is 0. The van der Waals surface area contributed by atoms with E-state index in [-0.39, 0.29) is 5.82 Å². The van der Waals surface area contributed by atoms with Gasteiger partial charge in [-0.2, -0.15) is 0 Å². The lowest BCUT2D eigenvalue weighted by Gasteiger charge is -2.11. The van der Waals surface area contributed by atoms with Crippen LogP contribution in [0, 0.1) is 5.82 Å². The lowest BCUT2D eigenvalue weighted by atomic mass is 10.2. The normalized spacial score (nSPS) is 10.2. The standard InChI is InChI=1S/C13H11BrFNO2/c1-17-9-3-5-11(16)13(7-9)18-12-6-8(15)2-4-10(12)14/h2-7H,16H2,1H3. The Morgan fingerprint density at radius 3 is 2.61 bits per heavy atom. The van der Waals surface area contributed by atoms with Gasteiger partial charge in [0.25, 0.3) is 0 Å². The summed E-state index contributed by atoms with van der Waals surface area (Å²) in [5, 5.41) is 0. The van der Waals surface area contributed by atoms with E-state index in [4.69, 9.17) is 15.2 Å². The van der Waals surface area contributed by atoms with Gasteiger partial charge in [-0.15, -0.1) is 0 Å². The molecule has 0 unspecified atom stereocenters. The topological polar surface area (TPSA) is 44.5 Å². The molecule has 18 heavy (non-hydrogen) atoms. The molecule has 0 aromatic heterocycles. The van der Waals surface area contributed by atoms with E-state index in [2.05, 4.69) is 15.9 Å². The maximum absolute atomic E-state index is 13.1. The highest BCUT2D eigenvalue weighted by Crippen LogP contribution is 2.35. The number of hydrogen-bond donors (Lipinski definition) is 1. The van der Waals surface area contributed by atoms with Crippen molar-refractivity contribution >= 4 is 21.6 Å². The predicted octanol–water partition coefficient (Wildman–Crippen LogP) is 3.97. The minimum Gasteiger partial charge on any atom is -0.497 e. The Bertz CT molecular complexity index is 575. The molecule has 0 saturated carbocycles. The molecule has 3 nitrogen and oxygen atoms in total. The van der Waals surface area contributed by atoms with Crippen LogP contribution in [0.2, 0.25) is 0 Å². The molecule has 0 aliphatic heterocycles. The molecule has 2 aromatic rings. The lowest BCUT2D eigenvalue weighted by Crippen LogP contribution is -1.94. The molecule has 0 saturated heterocycles. The van der Waals surface area contributed by atoms with Crippen molar-refractivity contribution in [2.75, 3.05) is 12.8 Å². The zero-order valence-corrected chi connectivity index (χ0v) is 11.2. The molecule has 94 valence electrons. The van der Waals surface area contributed by atoms with E-state index in [9.17, 15) is 4.39 Å². The average molecular weight is 312 g/mol. The second-order valence-electron chi connectivity index (χ2n) is 3.58. The second-order valence-corrected chi connectivity index (χ2v) is 4.43. The molecular formula is C13H11BrFNO2. The number of methoxy groups -OCH3 is 1. The number of nitrogens with two attached hydrogens (primary N) is 1. The van der Waals surface area contributed by atoms with Gasteiger partial charge in [0.2, 0.25) is 0 Å². The number of nitrogen functional groups attached to an aromatic ring is 1. The minimum absolute atomic E-state index is 0.356. The third kappa shape index (κ3) is 2.73. The Labute approximate surface area is 112 Å². The third-order valence-corrected chi connectivity index (χ3v) is 2.99. The van der Waals surface area contributed by atoms with Crippen molar-refractivity contribution in [3.8, 4) is 17.2 Å². The lowest BCUT2D eigenvalue weighted by molar-refractivity contribution is 0.409. The Morgan fingerprint density at radius 1 is 1.11 bits per heavy atom. The summed E-state index contributed by atoms with van der Waals surface area (Å²) in [5.41, 5.74) is 6.24. The van der Waals surface area contributed by atoms with Gasteiger partial charge in [-0.1, -0.05) is 0 Å². The van der Waals surface area contributed by atoms with E-state index in [1.807, 2.05) is 0 Å². The Kier molecular flexibility index (Phi) is 3.72. The fourth-order valence-electron chi connectivity index (χ4n) is 1.40. The quantitative estimate of drug-likeness (QED) is 0.872. The van der Waals surface area contributed by atoms with Gasteiger partial charge in [-0.3, -0.25) is 0 Å². The van der Waals surface area contributed by atoms with Crippen molar-refractivity contribution in [1.82, 2.24) is 0 Å². The minimum atomic E-state index is -0.380. The molecule has 0 aliphatic carbocycles. The summed E-state index contributed by atoms with van der Waals surface area (Å²) in [6.07, 6.45) is 0. The summed E-state index contributed by atoms with van der Waals surface area (Å²) < 4.78 is 24.4. The van der Waals surface area contributed by atoms with E-state index in [0.29, 0.717) is 27.4 Å². The van der Waals surface area contributed by atoms with Gasteiger partial charge in [0.15, 0.2) is 5.75 Å². The van der Waals surface area contributed by atoms with Crippen molar-refractivity contribution in [1.29, 1.82) is 0 Å². The van der Waals surface area contributed by atoms with Crippen LogP contribution in [0.15, 0.2) is 40.9 Å². The first-order valence-electron chi connectivity index (χ1n) is 5.16. The van der Waals surface area contributed by atoms with Crippen LogP contribution in [-0.4, -0.2) is 7.11 Å². The molecule has 0 amide bonds. The average Bonchev–Trinajstić information content (AvgIpc) is 2.36. The van der Waals surface area contributed by atoms with E-state index in [1.54, 1.807) is 31.4 Å². The van der Waals surface area contributed by atoms with Crippen molar-refractivity contribution in [2.24, 2.45) is 0 Å². The van der Waals surface area contributed by atoms with Gasteiger partial charge >= 0.3 is 0 Å². The molecule has 2 rings (SSSR count). The first-order valence-corrected chi connectivity index (χ1v) is 5.96.